The van der Waals surface area contributed by atoms with Crippen LogP contribution in [0.25, 0.3) is 11.4 Å². The highest BCUT2D eigenvalue weighted by molar-refractivity contribution is 5.69. The Morgan fingerprint density at radius 1 is 1.29 bits per heavy atom. The van der Waals surface area contributed by atoms with Crippen molar-refractivity contribution in [2.24, 2.45) is 7.05 Å². The van der Waals surface area contributed by atoms with Crippen molar-refractivity contribution in [3.8, 4) is 17.1 Å². The van der Waals surface area contributed by atoms with E-state index in [1.165, 1.54) is 0 Å². The van der Waals surface area contributed by atoms with E-state index in [0.29, 0.717) is 17.1 Å². The third-order valence-corrected chi connectivity index (χ3v) is 2.07. The number of aromatic nitrogens is 3. The molecule has 5 heteroatoms. The highest BCUT2D eigenvalue weighted by Gasteiger charge is 2.08. The van der Waals surface area contributed by atoms with Crippen molar-refractivity contribution in [3.63, 3.8) is 0 Å². The molecule has 17 heavy (non-hydrogen) atoms. The number of rotatable bonds is 2. The van der Waals surface area contributed by atoms with Crippen molar-refractivity contribution >= 4 is 5.69 Å². The number of ether oxygens (including phenoxy) is 1. The van der Waals surface area contributed by atoms with Crippen LogP contribution in [0.15, 0.2) is 24.5 Å². The highest BCUT2D eigenvalue weighted by Crippen LogP contribution is 2.22. The molecule has 0 atom stereocenters. The number of nitrogens with zero attached hydrogens (tertiary/aromatic N) is 3. The van der Waals surface area contributed by atoms with Gasteiger partial charge in [0.1, 0.15) is 11.4 Å². The van der Waals surface area contributed by atoms with Gasteiger partial charge in [0, 0.05) is 13.2 Å². The quantitative estimate of drug-likeness (QED) is 0.864. The lowest BCUT2D eigenvalue weighted by atomic mass is 10.2. The molecular weight excluding hydrogens is 216 g/mol. The van der Waals surface area contributed by atoms with Gasteiger partial charge in [-0.3, -0.25) is 9.67 Å². The maximum absolute atomic E-state index is 5.79. The van der Waals surface area contributed by atoms with Crippen LogP contribution in [0.2, 0.25) is 0 Å². The molecule has 0 aliphatic heterocycles. The zero-order valence-electron chi connectivity index (χ0n) is 10.6. The van der Waals surface area contributed by atoms with E-state index < -0.39 is 0 Å². The lowest BCUT2D eigenvalue weighted by molar-refractivity contribution is 0.413. The second-order valence-electron chi connectivity index (χ2n) is 3.19. The Morgan fingerprint density at radius 2 is 2.00 bits per heavy atom. The summed E-state index contributed by atoms with van der Waals surface area (Å²) in [6, 6.07) is 3.66. The molecule has 0 radical (unpaired) electrons. The van der Waals surface area contributed by atoms with E-state index in [9.17, 15) is 0 Å². The molecule has 0 aliphatic rings. The Kier molecular flexibility index (Phi) is 4.51. The maximum Gasteiger partial charge on any atom is 0.137 e. The minimum Gasteiger partial charge on any atom is -0.495 e. The van der Waals surface area contributed by atoms with E-state index in [1.54, 1.807) is 24.2 Å². The Balaban J connectivity index is 0.000000686. The molecular formula is C12H18N4O. The van der Waals surface area contributed by atoms with Crippen LogP contribution in [0.1, 0.15) is 13.8 Å². The molecule has 0 aliphatic carbocycles. The van der Waals surface area contributed by atoms with Crippen LogP contribution in [0.5, 0.6) is 5.75 Å². The van der Waals surface area contributed by atoms with E-state index in [-0.39, 0.29) is 0 Å². The van der Waals surface area contributed by atoms with Gasteiger partial charge in [-0.25, -0.2) is 0 Å². The van der Waals surface area contributed by atoms with Crippen molar-refractivity contribution in [1.82, 2.24) is 14.8 Å². The molecule has 0 fully saturated rings. The molecule has 2 heterocycles. The average molecular weight is 234 g/mol. The summed E-state index contributed by atoms with van der Waals surface area (Å²) >= 11 is 0. The van der Waals surface area contributed by atoms with Crippen LogP contribution >= 0.6 is 0 Å². The van der Waals surface area contributed by atoms with Crippen LogP contribution in [0, 0.1) is 0 Å². The van der Waals surface area contributed by atoms with Gasteiger partial charge in [-0.15, -0.1) is 0 Å². The topological polar surface area (TPSA) is 66.0 Å². The average Bonchev–Trinajstić information content (AvgIpc) is 2.71. The summed E-state index contributed by atoms with van der Waals surface area (Å²) in [5, 5.41) is 4.22. The molecule has 2 N–H and O–H groups in total. The van der Waals surface area contributed by atoms with Crippen LogP contribution in [-0.4, -0.2) is 21.9 Å². The van der Waals surface area contributed by atoms with Crippen LogP contribution < -0.4 is 10.5 Å². The minimum atomic E-state index is 0.621. The van der Waals surface area contributed by atoms with Crippen LogP contribution in [-0.2, 0) is 7.05 Å². The number of nitrogen functional groups attached to an aromatic ring is 1. The summed E-state index contributed by atoms with van der Waals surface area (Å²) in [4.78, 5) is 4.21. The van der Waals surface area contributed by atoms with E-state index in [1.807, 2.05) is 33.0 Å². The van der Waals surface area contributed by atoms with Crippen molar-refractivity contribution in [1.29, 1.82) is 0 Å². The van der Waals surface area contributed by atoms with Crippen molar-refractivity contribution < 1.29 is 4.74 Å². The molecule has 0 aromatic carbocycles. The smallest absolute Gasteiger partial charge is 0.137 e. The van der Waals surface area contributed by atoms with E-state index in [4.69, 9.17) is 10.5 Å². The van der Waals surface area contributed by atoms with E-state index in [0.717, 1.165) is 5.69 Å². The third-order valence-electron chi connectivity index (χ3n) is 2.07. The number of aryl methyl sites for hydroxylation is 1. The van der Waals surface area contributed by atoms with Gasteiger partial charge in [-0.2, -0.15) is 5.10 Å². The largest absolute Gasteiger partial charge is 0.495 e. The SMILES string of the molecule is CC.COc1ccc(-c2nn(C)cc2N)nc1. The number of nitrogens with two attached hydrogens (primary N) is 1. The van der Waals surface area contributed by atoms with Gasteiger partial charge in [-0.1, -0.05) is 13.8 Å². The molecule has 0 bridgehead atoms. The lowest BCUT2D eigenvalue weighted by Crippen LogP contribution is -1.91. The van der Waals surface area contributed by atoms with Gasteiger partial charge < -0.3 is 10.5 Å². The summed E-state index contributed by atoms with van der Waals surface area (Å²) in [7, 11) is 3.43. The number of hydrogen-bond acceptors (Lipinski definition) is 4. The first kappa shape index (κ1) is 13.0. The standard InChI is InChI=1S/C10H12N4O.C2H6/c1-14-6-8(11)10(13-14)9-4-3-7(15-2)5-12-9;1-2/h3-6H,11H2,1-2H3;1-2H3. The van der Waals surface area contributed by atoms with Gasteiger partial charge in [0.2, 0.25) is 0 Å². The fourth-order valence-electron chi connectivity index (χ4n) is 1.35. The molecule has 5 nitrogen and oxygen atoms in total. The van der Waals surface area contributed by atoms with E-state index in [2.05, 4.69) is 10.1 Å². The van der Waals surface area contributed by atoms with Gasteiger partial charge in [0.05, 0.1) is 24.7 Å². The van der Waals surface area contributed by atoms with Gasteiger partial charge in [-0.05, 0) is 12.1 Å². The normalized spacial score (nSPS) is 9.41. The number of anilines is 1. The molecule has 2 aromatic heterocycles. The number of hydrogen-bond donors (Lipinski definition) is 1. The second kappa shape index (κ2) is 5.89. The van der Waals surface area contributed by atoms with Crippen molar-refractivity contribution in [2.75, 3.05) is 12.8 Å². The summed E-state index contributed by atoms with van der Waals surface area (Å²) in [6.45, 7) is 4.00. The predicted octanol–water partition coefficient (Wildman–Crippen LogP) is 2.10. The third kappa shape index (κ3) is 2.96. The van der Waals surface area contributed by atoms with Crippen LogP contribution in [0.3, 0.4) is 0 Å². The molecule has 0 spiro atoms. The summed E-state index contributed by atoms with van der Waals surface area (Å²) < 4.78 is 6.68. The minimum absolute atomic E-state index is 0.621. The maximum atomic E-state index is 5.79. The molecule has 0 saturated heterocycles. The zero-order valence-corrected chi connectivity index (χ0v) is 10.6. The van der Waals surface area contributed by atoms with E-state index >= 15 is 0 Å². The molecule has 0 saturated carbocycles. The van der Waals surface area contributed by atoms with Crippen LogP contribution in [0.4, 0.5) is 5.69 Å². The molecule has 92 valence electrons. The lowest BCUT2D eigenvalue weighted by Gasteiger charge is -2.00. The molecule has 2 aromatic rings. The summed E-state index contributed by atoms with van der Waals surface area (Å²) in [5.41, 5.74) is 7.85. The molecule has 2 rings (SSSR count). The molecule has 0 unspecified atom stereocenters. The first-order valence-corrected chi connectivity index (χ1v) is 5.50. The zero-order chi connectivity index (χ0) is 12.8. The summed E-state index contributed by atoms with van der Waals surface area (Å²) in [5.74, 6) is 0.716. The Hall–Kier alpha value is -2.04. The second-order valence-corrected chi connectivity index (χ2v) is 3.19. The fraction of sp³-hybridized carbons (Fsp3) is 0.333. The Morgan fingerprint density at radius 3 is 2.41 bits per heavy atom. The van der Waals surface area contributed by atoms with Crippen molar-refractivity contribution in [3.05, 3.63) is 24.5 Å². The van der Waals surface area contributed by atoms with Gasteiger partial charge in [0.25, 0.3) is 0 Å². The Labute approximate surface area is 101 Å². The monoisotopic (exact) mass is 234 g/mol. The fourth-order valence-corrected chi connectivity index (χ4v) is 1.35. The predicted molar refractivity (Wildman–Crippen MR) is 68.8 cm³/mol. The Bertz CT molecular complexity index is 462. The molecule has 0 amide bonds. The first-order chi connectivity index (χ1) is 8.20. The first-order valence-electron chi connectivity index (χ1n) is 5.50. The van der Waals surface area contributed by atoms with Crippen molar-refractivity contribution in [2.45, 2.75) is 13.8 Å². The number of pyridine rings is 1. The van der Waals surface area contributed by atoms with Gasteiger partial charge in [0.15, 0.2) is 0 Å². The number of methoxy groups -OCH3 is 1. The summed E-state index contributed by atoms with van der Waals surface area (Å²) in [6.07, 6.45) is 3.39. The van der Waals surface area contributed by atoms with Gasteiger partial charge >= 0.3 is 0 Å². The highest BCUT2D eigenvalue weighted by atomic mass is 16.5.